The number of nitrogens with zero attached hydrogens (tertiary/aromatic N) is 6. The topological polar surface area (TPSA) is 112 Å². The SMILES string of the molecule is COc1cc(F)cc2c1nc(N)n1nc([C@@H]3CC[C@H](C)N(C(=O)c4cnc(C)s4)C3)nc21. The van der Waals surface area contributed by atoms with E-state index in [9.17, 15) is 9.18 Å². The Morgan fingerprint density at radius 1 is 1.31 bits per heavy atom. The molecule has 2 atom stereocenters. The van der Waals surface area contributed by atoms with Gasteiger partial charge in [-0.05, 0) is 32.8 Å². The van der Waals surface area contributed by atoms with E-state index in [0.717, 1.165) is 17.8 Å². The number of nitrogens with two attached hydrogens (primary N) is 1. The second-order valence-electron chi connectivity index (χ2n) is 8.00. The van der Waals surface area contributed by atoms with Crippen LogP contribution in [0.25, 0.3) is 16.6 Å². The number of anilines is 1. The number of hydrogen-bond donors (Lipinski definition) is 1. The minimum absolute atomic E-state index is 0.0324. The van der Waals surface area contributed by atoms with Crippen LogP contribution in [0.5, 0.6) is 5.75 Å². The molecule has 9 nitrogen and oxygen atoms in total. The van der Waals surface area contributed by atoms with Gasteiger partial charge in [-0.1, -0.05) is 0 Å². The Labute approximate surface area is 187 Å². The number of fused-ring (bicyclic) bond motifs is 3. The van der Waals surface area contributed by atoms with Crippen molar-refractivity contribution in [2.24, 2.45) is 0 Å². The molecule has 2 N–H and O–H groups in total. The molecule has 1 aliphatic heterocycles. The van der Waals surface area contributed by atoms with E-state index in [0.29, 0.717) is 33.8 Å². The number of carbonyl (C=O) groups excluding carboxylic acids is 1. The normalized spacial score (nSPS) is 19.1. The molecule has 1 aliphatic rings. The standard InChI is InChI=1S/C21H22FN7O2S/c1-10-4-5-12(9-28(10)20(30)16-8-24-11(2)32-16)18-26-19-14-6-13(22)7-15(31-3)17(14)25-21(23)29(19)27-18/h6-8,10,12H,4-5,9H2,1-3H3,(H2,23,25)/t10-,12+/m0/s1. The Bertz CT molecular complexity index is 1350. The second kappa shape index (κ2) is 7.66. The number of halogens is 1. The van der Waals surface area contributed by atoms with E-state index in [-0.39, 0.29) is 29.6 Å². The van der Waals surface area contributed by atoms with Gasteiger partial charge in [-0.25, -0.2) is 19.3 Å². The second-order valence-corrected chi connectivity index (χ2v) is 9.24. The lowest BCUT2D eigenvalue weighted by Crippen LogP contribution is -2.44. The quantitative estimate of drug-likeness (QED) is 0.505. The molecule has 0 radical (unpaired) electrons. The van der Waals surface area contributed by atoms with Crippen LogP contribution in [0.3, 0.4) is 0 Å². The first-order chi connectivity index (χ1) is 15.4. The molecule has 0 saturated carbocycles. The summed E-state index contributed by atoms with van der Waals surface area (Å²) in [6.07, 6.45) is 3.27. The third kappa shape index (κ3) is 3.32. The van der Waals surface area contributed by atoms with Crippen molar-refractivity contribution in [3.63, 3.8) is 0 Å². The van der Waals surface area contributed by atoms with Crippen LogP contribution in [0.4, 0.5) is 10.3 Å². The number of likely N-dealkylation sites (tertiary alicyclic amines) is 1. The summed E-state index contributed by atoms with van der Waals surface area (Å²) >= 11 is 1.39. The maximum Gasteiger partial charge on any atom is 0.265 e. The smallest absolute Gasteiger partial charge is 0.265 e. The van der Waals surface area contributed by atoms with Gasteiger partial charge in [0.25, 0.3) is 5.91 Å². The van der Waals surface area contributed by atoms with Crippen LogP contribution < -0.4 is 10.5 Å². The van der Waals surface area contributed by atoms with Gasteiger partial charge in [0.1, 0.15) is 22.0 Å². The van der Waals surface area contributed by atoms with Gasteiger partial charge in [0, 0.05) is 24.6 Å². The van der Waals surface area contributed by atoms with Gasteiger partial charge in [-0.2, -0.15) is 4.52 Å². The minimum atomic E-state index is -0.463. The van der Waals surface area contributed by atoms with Crippen LogP contribution in [0.1, 0.15) is 46.2 Å². The molecule has 4 heterocycles. The van der Waals surface area contributed by atoms with Gasteiger partial charge in [0.15, 0.2) is 11.5 Å². The molecule has 11 heteroatoms. The van der Waals surface area contributed by atoms with Crippen molar-refractivity contribution < 1.29 is 13.9 Å². The molecular formula is C21H22FN7O2S. The van der Waals surface area contributed by atoms with Gasteiger partial charge < -0.3 is 15.4 Å². The number of benzene rings is 1. The van der Waals surface area contributed by atoms with E-state index in [1.807, 2.05) is 18.7 Å². The first kappa shape index (κ1) is 20.6. The predicted octanol–water partition coefficient (Wildman–Crippen LogP) is 3.18. The number of ether oxygens (including phenoxy) is 1. The molecule has 0 spiro atoms. The van der Waals surface area contributed by atoms with Crippen molar-refractivity contribution in [2.45, 2.75) is 38.6 Å². The molecule has 32 heavy (non-hydrogen) atoms. The van der Waals surface area contributed by atoms with Crippen molar-refractivity contribution in [2.75, 3.05) is 19.4 Å². The van der Waals surface area contributed by atoms with E-state index in [1.54, 1.807) is 6.20 Å². The Hall–Kier alpha value is -3.34. The largest absolute Gasteiger partial charge is 0.494 e. The van der Waals surface area contributed by atoms with Crippen LogP contribution in [0.2, 0.25) is 0 Å². The zero-order valence-electron chi connectivity index (χ0n) is 17.9. The van der Waals surface area contributed by atoms with Gasteiger partial charge in [0.2, 0.25) is 5.95 Å². The van der Waals surface area contributed by atoms with E-state index in [4.69, 9.17) is 15.5 Å². The van der Waals surface area contributed by atoms with E-state index >= 15 is 0 Å². The Morgan fingerprint density at radius 2 is 2.12 bits per heavy atom. The number of carbonyl (C=O) groups is 1. The summed E-state index contributed by atoms with van der Waals surface area (Å²) in [5.74, 6) is 0.397. The highest BCUT2D eigenvalue weighted by Gasteiger charge is 2.33. The van der Waals surface area contributed by atoms with Crippen molar-refractivity contribution in [1.82, 2.24) is 29.5 Å². The summed E-state index contributed by atoms with van der Waals surface area (Å²) in [5.41, 5.74) is 6.97. The number of aromatic nitrogens is 5. The molecule has 5 rings (SSSR count). The lowest BCUT2D eigenvalue weighted by Gasteiger charge is -2.36. The number of thiazole rings is 1. The monoisotopic (exact) mass is 455 g/mol. The number of nitrogen functional groups attached to an aromatic ring is 1. The van der Waals surface area contributed by atoms with Crippen LogP contribution >= 0.6 is 11.3 Å². The zero-order valence-corrected chi connectivity index (χ0v) is 18.7. The number of piperidine rings is 1. The minimum Gasteiger partial charge on any atom is -0.494 e. The molecule has 1 saturated heterocycles. The highest BCUT2D eigenvalue weighted by molar-refractivity contribution is 7.13. The summed E-state index contributed by atoms with van der Waals surface area (Å²) in [4.78, 5) is 28.8. The van der Waals surface area contributed by atoms with Gasteiger partial charge in [0.05, 0.1) is 23.7 Å². The van der Waals surface area contributed by atoms with E-state index in [2.05, 4.69) is 15.1 Å². The molecule has 0 aliphatic carbocycles. The van der Waals surface area contributed by atoms with Crippen LogP contribution in [-0.2, 0) is 0 Å². The Balaban J connectivity index is 1.54. The number of aryl methyl sites for hydroxylation is 1. The molecule has 1 aromatic carbocycles. The van der Waals surface area contributed by atoms with Gasteiger partial charge in [-0.15, -0.1) is 16.4 Å². The zero-order chi connectivity index (χ0) is 22.6. The summed E-state index contributed by atoms with van der Waals surface area (Å²) in [6, 6.07) is 2.71. The number of hydrogen-bond acceptors (Lipinski definition) is 8. The number of methoxy groups -OCH3 is 1. The molecule has 0 unspecified atom stereocenters. The summed E-state index contributed by atoms with van der Waals surface area (Å²) in [5, 5.41) is 5.89. The third-order valence-electron chi connectivity index (χ3n) is 5.91. The first-order valence-electron chi connectivity index (χ1n) is 10.3. The maximum absolute atomic E-state index is 14.2. The summed E-state index contributed by atoms with van der Waals surface area (Å²) in [6.45, 7) is 4.41. The predicted molar refractivity (Wildman–Crippen MR) is 119 cm³/mol. The van der Waals surface area contributed by atoms with Crippen molar-refractivity contribution in [3.05, 3.63) is 39.9 Å². The maximum atomic E-state index is 14.2. The molecule has 3 aromatic heterocycles. The van der Waals surface area contributed by atoms with Gasteiger partial charge >= 0.3 is 0 Å². The first-order valence-corrected chi connectivity index (χ1v) is 11.1. The molecular weight excluding hydrogens is 433 g/mol. The van der Waals surface area contributed by atoms with Gasteiger partial charge in [-0.3, -0.25) is 4.79 Å². The Kier molecular flexibility index (Phi) is 4.92. The summed E-state index contributed by atoms with van der Waals surface area (Å²) in [7, 11) is 1.45. The molecule has 1 amide bonds. The molecule has 0 bridgehead atoms. The highest BCUT2D eigenvalue weighted by atomic mass is 32.1. The van der Waals surface area contributed by atoms with E-state index < -0.39 is 5.82 Å². The average Bonchev–Trinajstić information content (AvgIpc) is 3.41. The summed E-state index contributed by atoms with van der Waals surface area (Å²) < 4.78 is 20.9. The van der Waals surface area contributed by atoms with Crippen molar-refractivity contribution in [3.8, 4) is 5.75 Å². The van der Waals surface area contributed by atoms with Crippen LogP contribution in [-0.4, -0.2) is 55.1 Å². The average molecular weight is 456 g/mol. The molecule has 166 valence electrons. The van der Waals surface area contributed by atoms with Crippen molar-refractivity contribution >= 4 is 39.7 Å². The fourth-order valence-corrected chi connectivity index (χ4v) is 4.95. The lowest BCUT2D eigenvalue weighted by atomic mass is 9.92. The van der Waals surface area contributed by atoms with Crippen molar-refractivity contribution in [1.29, 1.82) is 0 Å². The lowest BCUT2D eigenvalue weighted by molar-refractivity contribution is 0.0611. The highest BCUT2D eigenvalue weighted by Crippen LogP contribution is 2.33. The fraction of sp³-hybridized carbons (Fsp3) is 0.381. The van der Waals surface area contributed by atoms with E-state index in [1.165, 1.54) is 35.1 Å². The van der Waals surface area contributed by atoms with Crippen LogP contribution in [0, 0.1) is 12.7 Å². The third-order valence-corrected chi connectivity index (χ3v) is 6.81. The number of amides is 1. The van der Waals surface area contributed by atoms with Crippen LogP contribution in [0.15, 0.2) is 18.3 Å². The fourth-order valence-electron chi connectivity index (χ4n) is 4.22. The number of rotatable bonds is 3. The Morgan fingerprint density at radius 3 is 2.84 bits per heavy atom. The molecule has 1 fully saturated rings. The molecule has 4 aromatic rings.